The van der Waals surface area contributed by atoms with Crippen molar-refractivity contribution in [2.45, 2.75) is 25.8 Å². The van der Waals surface area contributed by atoms with Gasteiger partial charge in [0.05, 0.1) is 23.0 Å². The van der Waals surface area contributed by atoms with E-state index < -0.39 is 0 Å². The Kier molecular flexibility index (Phi) is 4.54. The van der Waals surface area contributed by atoms with E-state index in [2.05, 4.69) is 32.8 Å². The van der Waals surface area contributed by atoms with Crippen LogP contribution in [0.2, 0.25) is 0 Å². The first-order valence-electron chi connectivity index (χ1n) is 7.60. The Morgan fingerprint density at radius 1 is 1.46 bits per heavy atom. The molecular formula is C17H17BrFN4O. The molecule has 0 saturated heterocycles. The van der Waals surface area contributed by atoms with Crippen LogP contribution in [-0.2, 0) is 6.42 Å². The predicted octanol–water partition coefficient (Wildman–Crippen LogP) is 3.23. The van der Waals surface area contributed by atoms with Crippen molar-refractivity contribution >= 4 is 27.8 Å². The van der Waals surface area contributed by atoms with Crippen LogP contribution in [0, 0.1) is 19.7 Å². The molecule has 1 aliphatic rings. The molecule has 1 radical (unpaired) electrons. The molecule has 125 valence electrons. The molecule has 0 fully saturated rings. The molecule has 1 amide bonds. The third-order valence-electron chi connectivity index (χ3n) is 4.14. The average Bonchev–Trinajstić information content (AvgIpc) is 2.49. The number of hydrogen-bond donors (Lipinski definition) is 1. The molecule has 1 aromatic carbocycles. The maximum atomic E-state index is 13.4. The lowest BCUT2D eigenvalue weighted by Crippen LogP contribution is -2.42. The van der Waals surface area contributed by atoms with Crippen molar-refractivity contribution in [3.63, 3.8) is 0 Å². The molecule has 24 heavy (non-hydrogen) atoms. The summed E-state index contributed by atoms with van der Waals surface area (Å²) >= 11 is 3.40. The lowest BCUT2D eigenvalue weighted by atomic mass is 9.91. The molecule has 3 rings (SSSR count). The highest BCUT2D eigenvalue weighted by atomic mass is 79.9. The van der Waals surface area contributed by atoms with Gasteiger partial charge < -0.3 is 10.6 Å². The molecule has 0 spiro atoms. The summed E-state index contributed by atoms with van der Waals surface area (Å²) in [5.74, 6) is -0.320. The number of aromatic nitrogens is 2. The van der Waals surface area contributed by atoms with Crippen LogP contribution < -0.4 is 5.73 Å². The summed E-state index contributed by atoms with van der Waals surface area (Å²) in [5, 5.41) is 0. The third kappa shape index (κ3) is 2.88. The maximum absolute atomic E-state index is 13.4. The molecule has 0 bridgehead atoms. The summed E-state index contributed by atoms with van der Waals surface area (Å²) in [7, 11) is 0. The number of halogens is 2. The van der Waals surface area contributed by atoms with Gasteiger partial charge in [-0.2, -0.15) is 0 Å². The lowest BCUT2D eigenvalue weighted by molar-refractivity contribution is 0.0646. The van der Waals surface area contributed by atoms with E-state index in [1.165, 1.54) is 12.1 Å². The number of carbonyl (C=O) groups is 1. The molecule has 7 heteroatoms. The van der Waals surface area contributed by atoms with E-state index in [0.29, 0.717) is 40.8 Å². The third-order valence-corrected chi connectivity index (χ3v) is 4.83. The van der Waals surface area contributed by atoms with Crippen molar-refractivity contribution in [1.29, 1.82) is 0 Å². The molecule has 5 nitrogen and oxygen atoms in total. The minimum absolute atomic E-state index is 0.140. The van der Waals surface area contributed by atoms with Crippen molar-refractivity contribution in [1.82, 2.24) is 14.9 Å². The SMILES string of the molecule is [CH2]CCN1C(=O)c2c(C)nc(N)nc2C[C@@H]1c1ccc(F)cc1Br. The van der Waals surface area contributed by atoms with Gasteiger partial charge >= 0.3 is 0 Å². The summed E-state index contributed by atoms with van der Waals surface area (Å²) in [4.78, 5) is 23.1. The van der Waals surface area contributed by atoms with Crippen LogP contribution in [0.1, 0.15) is 39.8 Å². The summed E-state index contributed by atoms with van der Waals surface area (Å²) < 4.78 is 14.0. The van der Waals surface area contributed by atoms with Crippen LogP contribution in [0.3, 0.4) is 0 Å². The van der Waals surface area contributed by atoms with Gasteiger partial charge in [-0.3, -0.25) is 4.79 Å². The van der Waals surface area contributed by atoms with Gasteiger partial charge in [-0.1, -0.05) is 28.9 Å². The minimum atomic E-state index is -0.334. The molecule has 0 aliphatic carbocycles. The minimum Gasteiger partial charge on any atom is -0.368 e. The number of carbonyl (C=O) groups excluding carboxylic acids is 1. The van der Waals surface area contributed by atoms with Crippen molar-refractivity contribution in [2.75, 3.05) is 12.3 Å². The summed E-state index contributed by atoms with van der Waals surface area (Å²) in [5.41, 5.74) is 8.29. The molecule has 1 aromatic heterocycles. The van der Waals surface area contributed by atoms with Crippen LogP contribution in [0.15, 0.2) is 22.7 Å². The van der Waals surface area contributed by atoms with Gasteiger partial charge in [0.15, 0.2) is 0 Å². The Bertz CT molecular complexity index is 811. The fourth-order valence-corrected chi connectivity index (χ4v) is 3.75. The van der Waals surface area contributed by atoms with Crippen LogP contribution in [-0.4, -0.2) is 27.3 Å². The number of nitrogens with two attached hydrogens (primary N) is 1. The standard InChI is InChI=1S/C17H17BrFN4O/c1-3-6-23-14(11-5-4-10(19)7-12(11)18)8-13-15(16(23)24)9(2)21-17(20)22-13/h4-5,7,14H,1,3,6,8H2,2H3,(H2,20,21,22)/t14-/m1/s1. The van der Waals surface area contributed by atoms with Gasteiger partial charge in [-0.05, 0) is 31.0 Å². The summed E-state index contributed by atoms with van der Waals surface area (Å²) in [6.07, 6.45) is 1.07. The number of benzene rings is 1. The van der Waals surface area contributed by atoms with E-state index in [0.717, 1.165) is 5.56 Å². The fourth-order valence-electron chi connectivity index (χ4n) is 3.14. The van der Waals surface area contributed by atoms with Crippen LogP contribution in [0.5, 0.6) is 0 Å². The molecule has 1 atom stereocenters. The van der Waals surface area contributed by atoms with Gasteiger partial charge in [0.2, 0.25) is 5.95 Å². The lowest BCUT2D eigenvalue weighted by Gasteiger charge is -2.37. The van der Waals surface area contributed by atoms with E-state index in [1.807, 2.05) is 0 Å². The van der Waals surface area contributed by atoms with E-state index in [-0.39, 0.29) is 23.7 Å². The number of nitrogen functional groups attached to an aromatic ring is 1. The molecule has 0 unspecified atom stereocenters. The van der Waals surface area contributed by atoms with Crippen molar-refractivity contribution in [2.24, 2.45) is 0 Å². The average molecular weight is 392 g/mol. The number of fused-ring (bicyclic) bond motifs is 1. The summed E-state index contributed by atoms with van der Waals surface area (Å²) in [6, 6.07) is 4.23. The van der Waals surface area contributed by atoms with Crippen molar-refractivity contribution in [3.8, 4) is 0 Å². The fraction of sp³-hybridized carbons (Fsp3) is 0.294. The molecule has 2 aromatic rings. The number of amides is 1. The first-order valence-corrected chi connectivity index (χ1v) is 8.39. The van der Waals surface area contributed by atoms with Gasteiger partial charge in [0, 0.05) is 17.4 Å². The smallest absolute Gasteiger partial charge is 0.258 e. The van der Waals surface area contributed by atoms with Crippen LogP contribution in [0.4, 0.5) is 10.3 Å². The number of nitrogens with zero attached hydrogens (tertiary/aromatic N) is 3. The van der Waals surface area contributed by atoms with Gasteiger partial charge in [0.25, 0.3) is 5.91 Å². The highest BCUT2D eigenvalue weighted by Crippen LogP contribution is 2.37. The Labute approximate surface area is 148 Å². The largest absolute Gasteiger partial charge is 0.368 e. The molecule has 1 aliphatic heterocycles. The monoisotopic (exact) mass is 391 g/mol. The predicted molar refractivity (Wildman–Crippen MR) is 92.7 cm³/mol. The number of hydrogen-bond acceptors (Lipinski definition) is 4. The first kappa shape index (κ1) is 16.8. The number of rotatable bonds is 3. The van der Waals surface area contributed by atoms with Crippen LogP contribution >= 0.6 is 15.9 Å². The van der Waals surface area contributed by atoms with Crippen molar-refractivity contribution in [3.05, 3.63) is 57.9 Å². The zero-order chi connectivity index (χ0) is 17.4. The Balaban J connectivity index is 2.13. The van der Waals surface area contributed by atoms with E-state index in [1.54, 1.807) is 17.9 Å². The summed E-state index contributed by atoms with van der Waals surface area (Å²) in [6.45, 7) is 6.11. The van der Waals surface area contributed by atoms with E-state index in [9.17, 15) is 9.18 Å². The highest BCUT2D eigenvalue weighted by Gasteiger charge is 2.36. The second-order valence-electron chi connectivity index (χ2n) is 5.73. The molecule has 2 N–H and O–H groups in total. The quantitative estimate of drug-likeness (QED) is 0.871. The number of anilines is 1. The Morgan fingerprint density at radius 3 is 2.88 bits per heavy atom. The van der Waals surface area contributed by atoms with Crippen molar-refractivity contribution < 1.29 is 9.18 Å². The molecule has 2 heterocycles. The second-order valence-corrected chi connectivity index (χ2v) is 6.58. The van der Waals surface area contributed by atoms with Gasteiger partial charge in [0.1, 0.15) is 5.82 Å². The highest BCUT2D eigenvalue weighted by molar-refractivity contribution is 9.10. The van der Waals surface area contributed by atoms with Crippen LogP contribution in [0.25, 0.3) is 0 Å². The van der Waals surface area contributed by atoms with E-state index in [4.69, 9.17) is 5.73 Å². The zero-order valence-corrected chi connectivity index (χ0v) is 14.8. The van der Waals surface area contributed by atoms with E-state index >= 15 is 0 Å². The maximum Gasteiger partial charge on any atom is 0.258 e. The molecular weight excluding hydrogens is 375 g/mol. The Hall–Kier alpha value is -2.02. The first-order chi connectivity index (χ1) is 11.4. The Morgan fingerprint density at radius 2 is 2.21 bits per heavy atom. The van der Waals surface area contributed by atoms with Gasteiger partial charge in [-0.25, -0.2) is 14.4 Å². The van der Waals surface area contributed by atoms with Gasteiger partial charge in [-0.15, -0.1) is 0 Å². The molecule has 0 saturated carbocycles. The topological polar surface area (TPSA) is 72.1 Å². The normalized spacial score (nSPS) is 17.1. The second kappa shape index (κ2) is 6.47. The zero-order valence-electron chi connectivity index (χ0n) is 13.2. The number of aryl methyl sites for hydroxylation is 1.